The van der Waals surface area contributed by atoms with Crippen LogP contribution in [-0.2, 0) is 0 Å². The van der Waals surface area contributed by atoms with E-state index in [1.54, 1.807) is 4.68 Å². The number of primary amides is 1. The van der Waals surface area contributed by atoms with Crippen molar-refractivity contribution in [1.82, 2.24) is 14.7 Å². The molecule has 1 aliphatic carbocycles. The highest BCUT2D eigenvalue weighted by molar-refractivity contribution is 5.98. The normalized spacial score (nSPS) is 23.6. The van der Waals surface area contributed by atoms with Crippen LogP contribution in [-0.4, -0.2) is 44.4 Å². The number of carbonyl (C=O) groups is 2. The van der Waals surface area contributed by atoms with Gasteiger partial charge in [0.2, 0.25) is 0 Å². The average molecular weight is 440 g/mol. The quantitative estimate of drug-likeness (QED) is 0.651. The van der Waals surface area contributed by atoms with Gasteiger partial charge in [-0.1, -0.05) is 12.8 Å². The average Bonchev–Trinajstić information content (AvgIpc) is 3.44. The molecule has 2 heterocycles. The first-order valence-electron chi connectivity index (χ1n) is 10.7. The molecule has 1 saturated heterocycles. The number of nitrogens with two attached hydrogens (primary N) is 1. The van der Waals surface area contributed by atoms with Crippen LogP contribution in [0.25, 0.3) is 0 Å². The van der Waals surface area contributed by atoms with Crippen molar-refractivity contribution in [1.29, 1.82) is 5.26 Å². The van der Waals surface area contributed by atoms with E-state index in [0.717, 1.165) is 25.7 Å². The van der Waals surface area contributed by atoms with E-state index < -0.39 is 35.8 Å². The van der Waals surface area contributed by atoms with E-state index in [1.807, 2.05) is 0 Å². The molecule has 2 aliphatic rings. The van der Waals surface area contributed by atoms with Gasteiger partial charge < -0.3 is 21.1 Å². The predicted molar refractivity (Wildman–Crippen MR) is 114 cm³/mol. The highest BCUT2D eigenvalue weighted by atomic mass is 19.1. The van der Waals surface area contributed by atoms with Crippen LogP contribution in [0.2, 0.25) is 0 Å². The Kier molecular flexibility index (Phi) is 5.99. The first-order valence-corrected chi connectivity index (χ1v) is 10.7. The Balaban J connectivity index is 1.67. The van der Waals surface area contributed by atoms with Crippen molar-refractivity contribution in [3.05, 3.63) is 41.8 Å². The molecule has 1 aromatic carbocycles. The second-order valence-electron chi connectivity index (χ2n) is 8.39. The predicted octanol–water partition coefficient (Wildman–Crippen LogP) is 3.49. The number of amides is 2. The van der Waals surface area contributed by atoms with Crippen LogP contribution < -0.4 is 11.1 Å². The summed E-state index contributed by atoms with van der Waals surface area (Å²) in [5.41, 5.74) is 6.22. The van der Waals surface area contributed by atoms with Gasteiger partial charge in [0.05, 0.1) is 24.1 Å². The van der Waals surface area contributed by atoms with E-state index in [9.17, 15) is 24.3 Å². The monoisotopic (exact) mass is 440 g/mol. The van der Waals surface area contributed by atoms with E-state index in [2.05, 4.69) is 16.5 Å². The van der Waals surface area contributed by atoms with Crippen LogP contribution in [0, 0.1) is 29.0 Å². The molecule has 10 heteroatoms. The smallest absolute Gasteiger partial charge is 0.407 e. The van der Waals surface area contributed by atoms with Gasteiger partial charge in [-0.3, -0.25) is 9.48 Å². The number of halogens is 1. The molecule has 2 aromatic rings. The van der Waals surface area contributed by atoms with E-state index in [4.69, 9.17) is 5.73 Å². The van der Waals surface area contributed by atoms with Crippen molar-refractivity contribution in [3.63, 3.8) is 0 Å². The van der Waals surface area contributed by atoms with Crippen LogP contribution in [0.1, 0.15) is 48.5 Å². The van der Waals surface area contributed by atoms with Crippen molar-refractivity contribution in [3.8, 4) is 6.07 Å². The minimum Gasteiger partial charge on any atom is -0.465 e. The molecule has 168 valence electrons. The number of aromatic nitrogens is 2. The fourth-order valence-electron chi connectivity index (χ4n) is 5.05. The Labute approximate surface area is 184 Å². The molecule has 1 aromatic heterocycles. The topological polar surface area (TPSA) is 137 Å². The van der Waals surface area contributed by atoms with Crippen LogP contribution >= 0.6 is 0 Å². The lowest BCUT2D eigenvalue weighted by atomic mass is 9.78. The van der Waals surface area contributed by atoms with E-state index in [0.29, 0.717) is 12.1 Å². The van der Waals surface area contributed by atoms with Crippen LogP contribution in [0.3, 0.4) is 0 Å². The highest BCUT2D eigenvalue weighted by Crippen LogP contribution is 2.42. The van der Waals surface area contributed by atoms with E-state index in [1.165, 1.54) is 35.4 Å². The summed E-state index contributed by atoms with van der Waals surface area (Å²) in [6.07, 6.45) is 4.71. The van der Waals surface area contributed by atoms with E-state index in [-0.39, 0.29) is 23.8 Å². The van der Waals surface area contributed by atoms with Gasteiger partial charge in [0.1, 0.15) is 11.4 Å². The Morgan fingerprint density at radius 3 is 2.50 bits per heavy atom. The molecule has 0 radical (unpaired) electrons. The number of nitrogens with zero attached hydrogens (tertiary/aromatic N) is 4. The number of likely N-dealkylation sites (tertiary alicyclic amines) is 1. The second kappa shape index (κ2) is 8.86. The molecule has 4 rings (SSSR count). The number of nitrogens with one attached hydrogen (secondary N) is 1. The molecular formula is C22H25FN6O3. The molecule has 32 heavy (non-hydrogen) atoms. The van der Waals surface area contributed by atoms with Gasteiger partial charge >= 0.3 is 6.09 Å². The van der Waals surface area contributed by atoms with Crippen molar-refractivity contribution in [2.45, 2.75) is 44.2 Å². The number of hydrogen-bond donors (Lipinski definition) is 3. The lowest BCUT2D eigenvalue weighted by Crippen LogP contribution is -2.54. The molecule has 2 fully saturated rings. The maximum absolute atomic E-state index is 13.2. The minimum atomic E-state index is -1.02. The van der Waals surface area contributed by atoms with Gasteiger partial charge in [0.25, 0.3) is 5.91 Å². The van der Waals surface area contributed by atoms with Crippen molar-refractivity contribution in [2.24, 2.45) is 17.6 Å². The molecule has 0 bridgehead atoms. The third-order valence-electron chi connectivity index (χ3n) is 6.53. The molecular weight excluding hydrogens is 415 g/mol. The van der Waals surface area contributed by atoms with Gasteiger partial charge in [-0.05, 0) is 49.4 Å². The Morgan fingerprint density at radius 2 is 1.91 bits per heavy atom. The molecule has 3 atom stereocenters. The zero-order chi connectivity index (χ0) is 22.8. The highest BCUT2D eigenvalue weighted by Gasteiger charge is 2.46. The number of hydrogen-bond acceptors (Lipinski definition) is 5. The third kappa shape index (κ3) is 4.10. The summed E-state index contributed by atoms with van der Waals surface area (Å²) in [4.78, 5) is 25.3. The number of carboxylic acid groups (broad SMARTS) is 1. The fraction of sp³-hybridized carbons (Fsp3) is 0.455. The maximum atomic E-state index is 13.2. The minimum absolute atomic E-state index is 0.126. The SMILES string of the molecule is N#C[C@H]1C(C2CCCC2)N(C(=O)O)CC[C@H]1n1cc(C(N)=O)c(Nc2ccc(F)cc2)n1. The summed E-state index contributed by atoms with van der Waals surface area (Å²) in [5, 5.41) is 27.3. The number of piperidine rings is 1. The molecule has 1 unspecified atom stereocenters. The second-order valence-corrected chi connectivity index (χ2v) is 8.39. The lowest BCUT2D eigenvalue weighted by Gasteiger charge is -2.44. The van der Waals surface area contributed by atoms with Crippen molar-refractivity contribution in [2.75, 3.05) is 11.9 Å². The van der Waals surface area contributed by atoms with Gasteiger partial charge in [-0.15, -0.1) is 0 Å². The molecule has 4 N–H and O–H groups in total. The number of benzene rings is 1. The summed E-state index contributed by atoms with van der Waals surface area (Å²) in [6, 6.07) is 7.10. The largest absolute Gasteiger partial charge is 0.465 e. The molecule has 1 saturated carbocycles. The molecule has 0 spiro atoms. The zero-order valence-corrected chi connectivity index (χ0v) is 17.4. The van der Waals surface area contributed by atoms with Gasteiger partial charge in [0, 0.05) is 18.4 Å². The zero-order valence-electron chi connectivity index (χ0n) is 17.4. The summed E-state index contributed by atoms with van der Waals surface area (Å²) >= 11 is 0. The number of anilines is 2. The van der Waals surface area contributed by atoms with Gasteiger partial charge in [0.15, 0.2) is 5.82 Å². The first kappa shape index (κ1) is 21.6. The number of rotatable bonds is 5. The number of carbonyl (C=O) groups excluding carboxylic acids is 1. The Morgan fingerprint density at radius 1 is 1.22 bits per heavy atom. The summed E-state index contributed by atoms with van der Waals surface area (Å²) < 4.78 is 14.8. The van der Waals surface area contributed by atoms with Crippen molar-refractivity contribution >= 4 is 23.5 Å². The van der Waals surface area contributed by atoms with Crippen molar-refractivity contribution < 1.29 is 19.1 Å². The summed E-state index contributed by atoms with van der Waals surface area (Å²) in [5.74, 6) is -1.36. The Bertz CT molecular complexity index is 1040. The van der Waals surface area contributed by atoms with E-state index >= 15 is 0 Å². The van der Waals surface area contributed by atoms with Crippen LogP contribution in [0.15, 0.2) is 30.5 Å². The molecule has 1 aliphatic heterocycles. The number of nitriles is 1. The maximum Gasteiger partial charge on any atom is 0.407 e. The standard InChI is InChI=1S/C22H25FN6O3/c23-14-5-7-15(8-6-14)26-21-17(20(25)30)12-29(27-21)18-9-10-28(22(31)32)19(16(18)11-24)13-3-1-2-4-13/h5-8,12-13,16,18-19H,1-4,9-10H2,(H2,25,30)(H,26,27)(H,31,32)/t16-,18-,19?/m1/s1. The first-order chi connectivity index (χ1) is 15.4. The third-order valence-corrected chi connectivity index (χ3v) is 6.53. The van der Waals surface area contributed by atoms with Gasteiger partial charge in [-0.25, -0.2) is 9.18 Å². The fourth-order valence-corrected chi connectivity index (χ4v) is 5.05. The lowest BCUT2D eigenvalue weighted by molar-refractivity contribution is 0.0401. The molecule has 9 nitrogen and oxygen atoms in total. The van der Waals surface area contributed by atoms with Crippen LogP contribution in [0.4, 0.5) is 20.7 Å². The van der Waals surface area contributed by atoms with Gasteiger partial charge in [-0.2, -0.15) is 10.4 Å². The summed E-state index contributed by atoms with van der Waals surface area (Å²) in [6.45, 7) is 0.284. The van der Waals surface area contributed by atoms with Crippen LogP contribution in [0.5, 0.6) is 0 Å². The molecule has 2 amide bonds. The Hall–Kier alpha value is -3.61. The summed E-state index contributed by atoms with van der Waals surface area (Å²) in [7, 11) is 0.